The number of benzene rings is 1. The minimum Gasteiger partial charge on any atom is -0.338 e. The fourth-order valence-corrected chi connectivity index (χ4v) is 4.54. The first-order valence-corrected chi connectivity index (χ1v) is 10.5. The van der Waals surface area contributed by atoms with E-state index in [4.69, 9.17) is 10.7 Å². The van der Waals surface area contributed by atoms with Crippen molar-refractivity contribution in [2.24, 2.45) is 12.8 Å². The molecular weight excluding hydrogens is 376 g/mol. The van der Waals surface area contributed by atoms with Gasteiger partial charge >= 0.3 is 0 Å². The Bertz CT molecular complexity index is 1250. The van der Waals surface area contributed by atoms with Gasteiger partial charge in [-0.05, 0) is 38.0 Å². The number of para-hydroxylation sites is 1. The molecule has 1 aliphatic rings. The number of likely N-dealkylation sites (tertiary alicyclic amines) is 1. The van der Waals surface area contributed by atoms with Crippen LogP contribution in [-0.2, 0) is 13.6 Å². The Morgan fingerprint density at radius 1 is 1.27 bits per heavy atom. The van der Waals surface area contributed by atoms with Gasteiger partial charge in [0, 0.05) is 49.8 Å². The molecule has 0 spiro atoms. The third-order valence-corrected chi connectivity index (χ3v) is 6.06. The number of aryl methyl sites for hydroxylation is 2. The lowest BCUT2D eigenvalue weighted by atomic mass is 10.1. The fourth-order valence-electron chi connectivity index (χ4n) is 4.54. The van der Waals surface area contributed by atoms with Crippen molar-refractivity contribution >= 4 is 28.0 Å². The number of carbonyl (C=O) groups excluding carboxylic acids is 1. The highest BCUT2D eigenvalue weighted by Gasteiger charge is 2.24. The first-order valence-electron chi connectivity index (χ1n) is 10.5. The van der Waals surface area contributed by atoms with Crippen LogP contribution in [-0.4, -0.2) is 49.0 Å². The van der Waals surface area contributed by atoms with E-state index in [-0.39, 0.29) is 11.9 Å². The molecule has 154 valence electrons. The van der Waals surface area contributed by atoms with Gasteiger partial charge in [-0.15, -0.1) is 0 Å². The summed E-state index contributed by atoms with van der Waals surface area (Å²) in [6, 6.07) is 12.4. The SMILES string of the molecule is CCn1c(-c2nc3cc(C(=O)N4CCC[C@@H](N)C4)cnc3n2C)cc2ccccc21. The van der Waals surface area contributed by atoms with E-state index < -0.39 is 0 Å². The molecule has 0 saturated carbocycles. The number of hydrogen-bond acceptors (Lipinski definition) is 4. The maximum atomic E-state index is 13.0. The summed E-state index contributed by atoms with van der Waals surface area (Å²) in [5.41, 5.74) is 10.4. The molecule has 0 radical (unpaired) electrons. The molecule has 0 bridgehead atoms. The van der Waals surface area contributed by atoms with Gasteiger partial charge in [0.05, 0.1) is 11.3 Å². The predicted molar refractivity (Wildman–Crippen MR) is 118 cm³/mol. The summed E-state index contributed by atoms with van der Waals surface area (Å²) in [6.07, 6.45) is 3.57. The molecule has 4 aromatic rings. The highest BCUT2D eigenvalue weighted by Crippen LogP contribution is 2.29. The maximum absolute atomic E-state index is 13.0. The van der Waals surface area contributed by atoms with Gasteiger partial charge in [0.2, 0.25) is 0 Å². The van der Waals surface area contributed by atoms with E-state index in [0.29, 0.717) is 12.1 Å². The van der Waals surface area contributed by atoms with Crippen LogP contribution in [0.3, 0.4) is 0 Å². The lowest BCUT2D eigenvalue weighted by Gasteiger charge is -2.30. The van der Waals surface area contributed by atoms with Crippen LogP contribution in [0.5, 0.6) is 0 Å². The number of carbonyl (C=O) groups is 1. The van der Waals surface area contributed by atoms with Crippen molar-refractivity contribution in [1.29, 1.82) is 0 Å². The Morgan fingerprint density at radius 3 is 2.90 bits per heavy atom. The zero-order chi connectivity index (χ0) is 20.8. The van der Waals surface area contributed by atoms with Gasteiger partial charge in [0.25, 0.3) is 5.91 Å². The number of nitrogens with zero attached hydrogens (tertiary/aromatic N) is 5. The summed E-state index contributed by atoms with van der Waals surface area (Å²) >= 11 is 0. The van der Waals surface area contributed by atoms with Crippen LogP contribution in [0.25, 0.3) is 33.6 Å². The number of aromatic nitrogens is 4. The van der Waals surface area contributed by atoms with Crippen LogP contribution in [0.4, 0.5) is 0 Å². The molecule has 3 aromatic heterocycles. The Labute approximate surface area is 175 Å². The van der Waals surface area contributed by atoms with Crippen molar-refractivity contribution in [3.8, 4) is 11.5 Å². The molecule has 1 aromatic carbocycles. The number of hydrogen-bond donors (Lipinski definition) is 1. The number of amides is 1. The largest absolute Gasteiger partial charge is 0.338 e. The van der Waals surface area contributed by atoms with E-state index in [9.17, 15) is 4.79 Å². The van der Waals surface area contributed by atoms with Crippen molar-refractivity contribution in [2.45, 2.75) is 32.4 Å². The number of piperidine rings is 1. The fraction of sp³-hybridized carbons (Fsp3) is 0.348. The molecule has 4 heterocycles. The molecule has 7 nitrogen and oxygen atoms in total. The van der Waals surface area contributed by atoms with E-state index >= 15 is 0 Å². The zero-order valence-corrected chi connectivity index (χ0v) is 17.4. The summed E-state index contributed by atoms with van der Waals surface area (Å²) in [4.78, 5) is 24.2. The monoisotopic (exact) mass is 402 g/mol. The summed E-state index contributed by atoms with van der Waals surface area (Å²) in [5, 5.41) is 1.19. The summed E-state index contributed by atoms with van der Waals surface area (Å²) in [5.74, 6) is 0.828. The first-order chi connectivity index (χ1) is 14.6. The molecule has 2 N–H and O–H groups in total. The van der Waals surface area contributed by atoms with Gasteiger partial charge in [0.15, 0.2) is 11.5 Å². The normalized spacial score (nSPS) is 17.2. The van der Waals surface area contributed by atoms with Crippen LogP contribution >= 0.6 is 0 Å². The molecule has 0 aliphatic carbocycles. The molecular formula is C23H26N6O. The van der Waals surface area contributed by atoms with Gasteiger partial charge in [-0.2, -0.15) is 0 Å². The molecule has 1 atom stereocenters. The van der Waals surface area contributed by atoms with Gasteiger partial charge in [-0.3, -0.25) is 4.79 Å². The Morgan fingerprint density at radius 2 is 2.10 bits per heavy atom. The number of rotatable bonds is 3. The van der Waals surface area contributed by atoms with Gasteiger partial charge in [0.1, 0.15) is 5.52 Å². The van der Waals surface area contributed by atoms with Crippen LogP contribution in [0.1, 0.15) is 30.1 Å². The van der Waals surface area contributed by atoms with Crippen molar-refractivity contribution in [1.82, 2.24) is 24.0 Å². The average molecular weight is 403 g/mol. The molecule has 1 amide bonds. The van der Waals surface area contributed by atoms with E-state index in [1.54, 1.807) is 6.20 Å². The van der Waals surface area contributed by atoms with Gasteiger partial charge in [-0.1, -0.05) is 18.2 Å². The quantitative estimate of drug-likeness (QED) is 0.571. The third kappa shape index (κ3) is 2.97. The maximum Gasteiger partial charge on any atom is 0.255 e. The van der Waals surface area contributed by atoms with Crippen molar-refractivity contribution in [2.75, 3.05) is 13.1 Å². The standard InChI is InChI=1S/C23H26N6O/c1-3-29-19-9-5-4-7-15(19)12-20(29)22-26-18-11-16(13-25-21(18)27(22)2)23(30)28-10-6-8-17(24)14-28/h4-5,7,9,11-13,17H,3,6,8,10,14,24H2,1-2H3/t17-/m1/s1. The minimum atomic E-state index is -0.0191. The molecule has 1 saturated heterocycles. The van der Waals surface area contributed by atoms with Crippen LogP contribution in [0, 0.1) is 0 Å². The number of fused-ring (bicyclic) bond motifs is 2. The molecule has 7 heteroatoms. The summed E-state index contributed by atoms with van der Waals surface area (Å²) in [7, 11) is 1.97. The smallest absolute Gasteiger partial charge is 0.255 e. The van der Waals surface area contributed by atoms with Crippen molar-refractivity contribution in [3.05, 3.63) is 48.2 Å². The lowest BCUT2D eigenvalue weighted by Crippen LogP contribution is -2.45. The Balaban J connectivity index is 1.57. The lowest BCUT2D eigenvalue weighted by molar-refractivity contribution is 0.0708. The molecule has 0 unspecified atom stereocenters. The average Bonchev–Trinajstić information content (AvgIpc) is 3.30. The van der Waals surface area contributed by atoms with Gasteiger partial charge in [-0.25, -0.2) is 9.97 Å². The summed E-state index contributed by atoms with van der Waals surface area (Å²) in [6.45, 7) is 4.32. The van der Waals surface area contributed by atoms with Crippen molar-refractivity contribution in [3.63, 3.8) is 0 Å². The topological polar surface area (TPSA) is 82.0 Å². The first kappa shape index (κ1) is 18.8. The van der Waals surface area contributed by atoms with Crippen LogP contribution < -0.4 is 5.73 Å². The molecule has 1 fully saturated rings. The minimum absolute atomic E-state index is 0.0191. The number of pyridine rings is 1. The third-order valence-electron chi connectivity index (χ3n) is 6.06. The van der Waals surface area contributed by atoms with Crippen LogP contribution in [0.2, 0.25) is 0 Å². The predicted octanol–water partition coefficient (Wildman–Crippen LogP) is 3.17. The van der Waals surface area contributed by atoms with E-state index in [1.807, 2.05) is 28.6 Å². The second kappa shape index (κ2) is 7.25. The zero-order valence-electron chi connectivity index (χ0n) is 17.4. The highest BCUT2D eigenvalue weighted by molar-refractivity contribution is 5.97. The summed E-state index contributed by atoms with van der Waals surface area (Å²) < 4.78 is 4.26. The Kier molecular flexibility index (Phi) is 4.55. The molecule has 30 heavy (non-hydrogen) atoms. The Hall–Kier alpha value is -3.19. The van der Waals surface area contributed by atoms with Crippen LogP contribution in [0.15, 0.2) is 42.6 Å². The van der Waals surface area contributed by atoms with Gasteiger partial charge < -0.3 is 19.8 Å². The van der Waals surface area contributed by atoms with E-state index in [2.05, 4.69) is 40.7 Å². The second-order valence-corrected chi connectivity index (χ2v) is 8.05. The second-order valence-electron chi connectivity index (χ2n) is 8.05. The van der Waals surface area contributed by atoms with E-state index in [0.717, 1.165) is 48.6 Å². The molecule has 1 aliphatic heterocycles. The number of imidazole rings is 1. The van der Waals surface area contributed by atoms with Crippen molar-refractivity contribution < 1.29 is 4.79 Å². The highest BCUT2D eigenvalue weighted by atomic mass is 16.2. The number of nitrogens with two attached hydrogens (primary N) is 1. The molecule has 5 rings (SSSR count). The van der Waals surface area contributed by atoms with E-state index in [1.165, 1.54) is 10.9 Å².